The molecule has 0 atom stereocenters. The van der Waals surface area contributed by atoms with Crippen LogP contribution in [-0.2, 0) is 31.5 Å². The average molecular weight is 1090 g/mol. The summed E-state index contributed by atoms with van der Waals surface area (Å²) in [6.07, 6.45) is 5.70. The van der Waals surface area contributed by atoms with E-state index in [1.165, 1.54) is 5.56 Å². The van der Waals surface area contributed by atoms with Gasteiger partial charge >= 0.3 is 5.97 Å². The van der Waals surface area contributed by atoms with Gasteiger partial charge in [0.2, 0.25) is 5.82 Å². The summed E-state index contributed by atoms with van der Waals surface area (Å²) in [5.41, 5.74) is 11.3. The number of aryl methyl sites for hydroxylation is 2. The minimum atomic E-state index is -1.09. The Hall–Kier alpha value is -8.85. The number of H-pyrrole nitrogens is 1. The first kappa shape index (κ1) is 53.5. The summed E-state index contributed by atoms with van der Waals surface area (Å²) >= 11 is 12.6. The SMILES string of the molecule is CCCCc1nc(Cl)c(C(=O)O)n1Cc1ccc(-c2ccccc2-c2nnnn2C(c2ccccc2)(c2ccccc2)c2ccccc2)cc1.CCCCc1nc(Cl)c(C)n1Cc1ccc(-c2ccccc2-c2nn[nH]n2)cc1. The Morgan fingerprint density at radius 3 is 1.51 bits per heavy atom. The summed E-state index contributed by atoms with van der Waals surface area (Å²) in [6, 6.07) is 63.9. The minimum absolute atomic E-state index is 0.0118. The number of aromatic nitrogens is 12. The molecule has 0 amide bonds. The maximum absolute atomic E-state index is 12.1. The number of aromatic carboxylic acids is 1. The van der Waals surface area contributed by atoms with Crippen molar-refractivity contribution in [2.45, 2.75) is 77.9 Å². The molecule has 0 spiro atoms. The van der Waals surface area contributed by atoms with Crippen molar-refractivity contribution >= 4 is 29.2 Å². The Kier molecular flexibility index (Phi) is 16.7. The van der Waals surface area contributed by atoms with Crippen molar-refractivity contribution in [3.8, 4) is 45.0 Å². The molecule has 0 aliphatic rings. The second-order valence-corrected chi connectivity index (χ2v) is 19.9. The zero-order valence-electron chi connectivity index (χ0n) is 44.1. The monoisotopic (exact) mass is 1080 g/mol. The number of tetrazole rings is 2. The van der Waals surface area contributed by atoms with Gasteiger partial charge in [0.25, 0.3) is 0 Å². The fourth-order valence-corrected chi connectivity index (χ4v) is 10.7. The molecule has 396 valence electrons. The maximum Gasteiger partial charge on any atom is 0.355 e. The third-order valence-electron chi connectivity index (χ3n) is 14.2. The van der Waals surface area contributed by atoms with Gasteiger partial charge in [-0.3, -0.25) is 0 Å². The highest BCUT2D eigenvalue weighted by Crippen LogP contribution is 2.43. The van der Waals surface area contributed by atoms with Gasteiger partial charge in [-0.15, -0.1) is 15.3 Å². The largest absolute Gasteiger partial charge is 0.476 e. The third-order valence-corrected chi connectivity index (χ3v) is 14.8. The first-order valence-electron chi connectivity index (χ1n) is 26.5. The number of carbonyl (C=O) groups is 1. The number of benzene rings is 7. The second-order valence-electron chi connectivity index (χ2n) is 19.2. The van der Waals surface area contributed by atoms with Crippen LogP contribution in [0.15, 0.2) is 188 Å². The Balaban J connectivity index is 0.000000206. The number of nitrogens with one attached hydrogen (secondary N) is 1. The number of carboxylic acids is 1. The molecule has 4 heterocycles. The van der Waals surface area contributed by atoms with Crippen LogP contribution < -0.4 is 0 Å². The topological polar surface area (TPSA) is 171 Å². The molecule has 11 aromatic rings. The lowest BCUT2D eigenvalue weighted by molar-refractivity contribution is 0.0685. The van der Waals surface area contributed by atoms with Gasteiger partial charge in [-0.05, 0) is 85.5 Å². The van der Waals surface area contributed by atoms with Gasteiger partial charge in [0.05, 0.1) is 5.69 Å². The molecule has 4 aromatic heterocycles. The van der Waals surface area contributed by atoms with E-state index >= 15 is 0 Å². The quantitative estimate of drug-likeness (QED) is 0.0743. The van der Waals surface area contributed by atoms with Crippen LogP contribution in [-0.4, -0.2) is 71.0 Å². The molecule has 0 saturated heterocycles. The normalized spacial score (nSPS) is 11.4. The van der Waals surface area contributed by atoms with Crippen LogP contribution in [0.5, 0.6) is 0 Å². The number of hydrogen-bond acceptors (Lipinski definition) is 9. The van der Waals surface area contributed by atoms with Gasteiger partial charge in [0.1, 0.15) is 22.3 Å². The van der Waals surface area contributed by atoms with Gasteiger partial charge in [-0.2, -0.15) is 5.21 Å². The van der Waals surface area contributed by atoms with Crippen molar-refractivity contribution in [1.29, 1.82) is 0 Å². The highest BCUT2D eigenvalue weighted by molar-refractivity contribution is 6.32. The summed E-state index contributed by atoms with van der Waals surface area (Å²) < 4.78 is 5.88. The van der Waals surface area contributed by atoms with Crippen LogP contribution in [0.3, 0.4) is 0 Å². The van der Waals surface area contributed by atoms with Gasteiger partial charge < -0.3 is 14.2 Å². The highest BCUT2D eigenvalue weighted by Gasteiger charge is 2.42. The molecule has 16 heteroatoms. The lowest BCUT2D eigenvalue weighted by atomic mass is 9.77. The standard InChI is InChI=1S/C41H35ClN6O2.C22H23ClN6/c1-2-3-23-36-43-38(42)37(40(49)50)47(36)28-29-24-26-30(27-25-29)34-21-13-14-22-35(34)39-44-45-46-48(39)41(31-15-7-4-8-16-31,32-17-9-5-10-18-32)33-19-11-6-12-20-33;1-3-4-9-20-24-21(23)15(2)29(20)14-16-10-12-17(13-11-16)18-7-5-6-8-19(18)22-25-27-28-26-22/h4-22,24-27H,2-3,23,28H2,1H3,(H,49,50);5-8,10-13H,3-4,9,14H2,1-2H3,(H,25,26,27,28). The van der Waals surface area contributed by atoms with Crippen LogP contribution >= 0.6 is 23.2 Å². The van der Waals surface area contributed by atoms with E-state index in [1.807, 2.05) is 127 Å². The Morgan fingerprint density at radius 2 is 1.01 bits per heavy atom. The number of nitrogens with zero attached hydrogens (tertiary/aromatic N) is 11. The van der Waals surface area contributed by atoms with Crippen molar-refractivity contribution in [2.75, 3.05) is 0 Å². The Morgan fingerprint density at radius 1 is 0.557 bits per heavy atom. The number of imidazole rings is 2. The van der Waals surface area contributed by atoms with Crippen LogP contribution in [0.25, 0.3) is 45.0 Å². The van der Waals surface area contributed by atoms with E-state index < -0.39 is 11.5 Å². The molecule has 14 nitrogen and oxygen atoms in total. The lowest BCUT2D eigenvalue weighted by Crippen LogP contribution is -2.39. The molecular formula is C63H58Cl2N12O2. The number of carboxylic acid groups (broad SMARTS) is 1. The summed E-state index contributed by atoms with van der Waals surface area (Å²) in [5.74, 6) is 1.84. The molecule has 0 unspecified atom stereocenters. The number of aromatic amines is 1. The van der Waals surface area contributed by atoms with E-state index in [-0.39, 0.29) is 10.8 Å². The van der Waals surface area contributed by atoms with Crippen molar-refractivity contribution in [2.24, 2.45) is 0 Å². The van der Waals surface area contributed by atoms with Crippen LogP contribution in [0.4, 0.5) is 0 Å². The predicted molar refractivity (Wildman–Crippen MR) is 310 cm³/mol. The van der Waals surface area contributed by atoms with Crippen LogP contribution in [0.1, 0.15) is 95.2 Å². The first-order valence-corrected chi connectivity index (χ1v) is 27.2. The van der Waals surface area contributed by atoms with Crippen molar-refractivity contribution < 1.29 is 9.90 Å². The molecule has 0 aliphatic heterocycles. The molecule has 0 fully saturated rings. The van der Waals surface area contributed by atoms with Gasteiger partial charge in [0.15, 0.2) is 16.7 Å². The smallest absolute Gasteiger partial charge is 0.355 e. The van der Waals surface area contributed by atoms with E-state index in [0.717, 1.165) is 106 Å². The molecule has 0 aliphatic carbocycles. The van der Waals surface area contributed by atoms with Crippen molar-refractivity contribution in [3.63, 3.8) is 0 Å². The van der Waals surface area contributed by atoms with E-state index in [0.29, 0.717) is 35.6 Å². The fourth-order valence-electron chi connectivity index (χ4n) is 10.2. The van der Waals surface area contributed by atoms with Gasteiger partial charge in [0, 0.05) is 37.1 Å². The fraction of sp³-hybridized carbons (Fsp3) is 0.190. The van der Waals surface area contributed by atoms with E-state index in [2.05, 4.69) is 132 Å². The predicted octanol–water partition coefficient (Wildman–Crippen LogP) is 13.9. The molecule has 2 N–H and O–H groups in total. The summed E-state index contributed by atoms with van der Waals surface area (Å²) in [5, 5.41) is 38.7. The minimum Gasteiger partial charge on any atom is -0.476 e. The van der Waals surface area contributed by atoms with E-state index in [1.54, 1.807) is 4.57 Å². The molecule has 11 rings (SSSR count). The zero-order valence-corrected chi connectivity index (χ0v) is 45.6. The number of rotatable bonds is 19. The zero-order chi connectivity index (χ0) is 54.7. The second kappa shape index (κ2) is 24.6. The number of hydrogen-bond donors (Lipinski definition) is 2. The summed E-state index contributed by atoms with van der Waals surface area (Å²) in [4.78, 5) is 21.1. The Labute approximate surface area is 468 Å². The molecule has 0 saturated carbocycles. The molecule has 0 radical (unpaired) electrons. The number of unbranched alkanes of at least 4 members (excludes halogenated alkanes) is 2. The molecule has 0 bridgehead atoms. The Bertz CT molecular complexity index is 3670. The summed E-state index contributed by atoms with van der Waals surface area (Å²) in [6.45, 7) is 7.41. The maximum atomic E-state index is 12.1. The first-order chi connectivity index (χ1) is 38.7. The van der Waals surface area contributed by atoms with E-state index in [4.69, 9.17) is 28.4 Å². The molecular weight excluding hydrogens is 1030 g/mol. The lowest BCUT2D eigenvalue weighted by Gasteiger charge is -2.36. The third kappa shape index (κ3) is 11.3. The van der Waals surface area contributed by atoms with E-state index in [9.17, 15) is 9.90 Å². The van der Waals surface area contributed by atoms with Gasteiger partial charge in [-0.1, -0.05) is 238 Å². The highest BCUT2D eigenvalue weighted by atomic mass is 35.5. The molecule has 7 aromatic carbocycles. The van der Waals surface area contributed by atoms with Gasteiger partial charge in [-0.25, -0.2) is 19.4 Å². The average Bonchev–Trinajstić information content (AvgIpc) is 4.35. The summed E-state index contributed by atoms with van der Waals surface area (Å²) in [7, 11) is 0. The molecule has 79 heavy (non-hydrogen) atoms. The number of halogens is 2. The van der Waals surface area contributed by atoms with Crippen molar-refractivity contribution in [1.82, 2.24) is 59.9 Å². The van der Waals surface area contributed by atoms with Crippen LogP contribution in [0.2, 0.25) is 10.3 Å². The van der Waals surface area contributed by atoms with Crippen LogP contribution in [0, 0.1) is 6.92 Å². The van der Waals surface area contributed by atoms with Crippen molar-refractivity contribution in [3.05, 3.63) is 249 Å².